The maximum absolute atomic E-state index is 12.7. The molecule has 0 aliphatic rings. The molecule has 0 saturated heterocycles. The number of halogens is 1. The number of hydrogen-bond acceptors (Lipinski definition) is 7. The Labute approximate surface area is 205 Å². The zero-order valence-electron chi connectivity index (χ0n) is 18.8. The number of benzene rings is 1. The highest BCUT2D eigenvalue weighted by atomic mass is 35.5. The van der Waals surface area contributed by atoms with E-state index in [0.29, 0.717) is 34.5 Å². The fourth-order valence-electron chi connectivity index (χ4n) is 3.39. The Balaban J connectivity index is 1.31. The molecule has 0 spiro atoms. The third kappa shape index (κ3) is 5.52. The van der Waals surface area contributed by atoms with Gasteiger partial charge < -0.3 is 15.2 Å². The summed E-state index contributed by atoms with van der Waals surface area (Å²) in [5, 5.41) is 18.1. The number of anilines is 2. The van der Waals surface area contributed by atoms with Crippen LogP contribution in [0.3, 0.4) is 0 Å². The van der Waals surface area contributed by atoms with E-state index in [1.807, 2.05) is 36.7 Å². The van der Waals surface area contributed by atoms with E-state index in [4.69, 9.17) is 16.1 Å². The van der Waals surface area contributed by atoms with Gasteiger partial charge in [0.15, 0.2) is 0 Å². The third-order valence-corrected chi connectivity index (χ3v) is 6.11. The van der Waals surface area contributed by atoms with E-state index in [-0.39, 0.29) is 18.2 Å². The minimum Gasteiger partial charge on any atom is -0.339 e. The van der Waals surface area contributed by atoms with Crippen molar-refractivity contribution in [3.63, 3.8) is 0 Å². The van der Waals surface area contributed by atoms with Gasteiger partial charge in [0.05, 0.1) is 16.4 Å². The van der Waals surface area contributed by atoms with Crippen LogP contribution in [0.4, 0.5) is 11.4 Å². The number of aromatic nitrogens is 4. The van der Waals surface area contributed by atoms with Crippen LogP contribution in [0.1, 0.15) is 36.7 Å². The number of carbonyl (C=O) groups excluding carboxylic acids is 2. The quantitative estimate of drug-likeness (QED) is 0.352. The Morgan fingerprint density at radius 2 is 2.03 bits per heavy atom. The SMILES string of the molecule is Cc1cc(C)n(C(C)C(=O)Nc2ccc(NC(=O)CCc3nc(-c4ccsc4)no3)cc2Cl)n1. The molecule has 2 N–H and O–H groups in total. The number of thiophene rings is 1. The van der Waals surface area contributed by atoms with Crippen molar-refractivity contribution in [2.24, 2.45) is 0 Å². The molecule has 1 atom stereocenters. The minimum absolute atomic E-state index is 0.168. The van der Waals surface area contributed by atoms with E-state index < -0.39 is 6.04 Å². The lowest BCUT2D eigenvalue weighted by atomic mass is 10.2. The van der Waals surface area contributed by atoms with Gasteiger partial charge in [-0.15, -0.1) is 0 Å². The summed E-state index contributed by atoms with van der Waals surface area (Å²) in [6.07, 6.45) is 0.483. The minimum atomic E-state index is -0.505. The lowest BCUT2D eigenvalue weighted by molar-refractivity contribution is -0.119. The highest BCUT2D eigenvalue weighted by molar-refractivity contribution is 7.08. The van der Waals surface area contributed by atoms with Crippen molar-refractivity contribution in [3.8, 4) is 11.4 Å². The molecule has 3 heterocycles. The molecule has 4 aromatic rings. The van der Waals surface area contributed by atoms with Crippen molar-refractivity contribution < 1.29 is 14.1 Å². The molecule has 0 fully saturated rings. The Hall–Kier alpha value is -3.50. The Morgan fingerprint density at radius 3 is 2.71 bits per heavy atom. The van der Waals surface area contributed by atoms with Crippen LogP contribution in [-0.2, 0) is 16.0 Å². The van der Waals surface area contributed by atoms with Gasteiger partial charge in [-0.2, -0.15) is 21.4 Å². The molecule has 9 nitrogen and oxygen atoms in total. The van der Waals surface area contributed by atoms with Crippen molar-refractivity contribution in [3.05, 3.63) is 63.4 Å². The smallest absolute Gasteiger partial charge is 0.248 e. The number of nitrogens with one attached hydrogen (secondary N) is 2. The van der Waals surface area contributed by atoms with E-state index in [1.54, 1.807) is 41.1 Å². The first-order valence-corrected chi connectivity index (χ1v) is 11.9. The van der Waals surface area contributed by atoms with Crippen molar-refractivity contribution in [1.29, 1.82) is 0 Å². The first-order valence-electron chi connectivity index (χ1n) is 10.6. The zero-order valence-corrected chi connectivity index (χ0v) is 20.4. The van der Waals surface area contributed by atoms with Gasteiger partial charge in [0, 0.05) is 35.2 Å². The first-order chi connectivity index (χ1) is 16.3. The summed E-state index contributed by atoms with van der Waals surface area (Å²) in [6.45, 7) is 5.54. The van der Waals surface area contributed by atoms with Gasteiger partial charge in [0.1, 0.15) is 6.04 Å². The van der Waals surface area contributed by atoms with Crippen LogP contribution < -0.4 is 10.6 Å². The maximum atomic E-state index is 12.7. The molecule has 0 aliphatic heterocycles. The fourth-order valence-corrected chi connectivity index (χ4v) is 4.25. The van der Waals surface area contributed by atoms with Gasteiger partial charge in [-0.1, -0.05) is 16.8 Å². The van der Waals surface area contributed by atoms with Gasteiger partial charge in [-0.25, -0.2) is 0 Å². The van der Waals surface area contributed by atoms with Gasteiger partial charge in [0.2, 0.25) is 23.5 Å². The molecule has 1 unspecified atom stereocenters. The summed E-state index contributed by atoms with van der Waals surface area (Å²) in [7, 11) is 0. The van der Waals surface area contributed by atoms with Crippen molar-refractivity contribution in [1.82, 2.24) is 19.9 Å². The lowest BCUT2D eigenvalue weighted by Gasteiger charge is -2.16. The normalized spacial score (nSPS) is 11.9. The molecule has 0 bridgehead atoms. The lowest BCUT2D eigenvalue weighted by Crippen LogP contribution is -2.25. The number of carbonyl (C=O) groups is 2. The number of aryl methyl sites for hydroxylation is 3. The second-order valence-corrected chi connectivity index (χ2v) is 8.99. The average molecular weight is 499 g/mol. The molecule has 176 valence electrons. The fraction of sp³-hybridized carbons (Fsp3) is 0.261. The molecule has 0 radical (unpaired) electrons. The average Bonchev–Trinajstić information content (AvgIpc) is 3.54. The van der Waals surface area contributed by atoms with E-state index in [0.717, 1.165) is 17.0 Å². The molecule has 3 aromatic heterocycles. The van der Waals surface area contributed by atoms with Crippen LogP contribution in [-0.4, -0.2) is 31.7 Å². The van der Waals surface area contributed by atoms with Crippen LogP contribution in [0.2, 0.25) is 5.02 Å². The predicted octanol–water partition coefficient (Wildman–Crippen LogP) is 5.04. The van der Waals surface area contributed by atoms with E-state index in [2.05, 4.69) is 25.9 Å². The maximum Gasteiger partial charge on any atom is 0.248 e. The Kier molecular flexibility index (Phi) is 7.09. The summed E-state index contributed by atoms with van der Waals surface area (Å²) in [4.78, 5) is 29.3. The van der Waals surface area contributed by atoms with Crippen molar-refractivity contribution in [2.75, 3.05) is 10.6 Å². The summed E-state index contributed by atoms with van der Waals surface area (Å²) < 4.78 is 6.88. The second kappa shape index (κ2) is 10.2. The molecule has 1 aromatic carbocycles. The summed E-state index contributed by atoms with van der Waals surface area (Å²) in [5.41, 5.74) is 3.59. The number of hydrogen-bond donors (Lipinski definition) is 2. The number of nitrogens with zero attached hydrogens (tertiary/aromatic N) is 4. The zero-order chi connectivity index (χ0) is 24.2. The predicted molar refractivity (Wildman–Crippen MR) is 131 cm³/mol. The van der Waals surface area contributed by atoms with Crippen LogP contribution in [0.15, 0.2) is 45.6 Å². The van der Waals surface area contributed by atoms with E-state index >= 15 is 0 Å². The molecule has 2 amide bonds. The monoisotopic (exact) mass is 498 g/mol. The summed E-state index contributed by atoms with van der Waals surface area (Å²) >= 11 is 7.89. The molecular weight excluding hydrogens is 476 g/mol. The van der Waals surface area contributed by atoms with Crippen LogP contribution in [0.5, 0.6) is 0 Å². The number of amides is 2. The third-order valence-electron chi connectivity index (χ3n) is 5.12. The van der Waals surface area contributed by atoms with Crippen molar-refractivity contribution in [2.45, 2.75) is 39.7 Å². The van der Waals surface area contributed by atoms with Gasteiger partial charge >= 0.3 is 0 Å². The Morgan fingerprint density at radius 1 is 1.21 bits per heavy atom. The highest BCUT2D eigenvalue weighted by Crippen LogP contribution is 2.27. The molecular formula is C23H23ClN6O3S. The molecule has 34 heavy (non-hydrogen) atoms. The van der Waals surface area contributed by atoms with Gasteiger partial charge in [-0.3, -0.25) is 14.3 Å². The molecule has 0 aliphatic carbocycles. The van der Waals surface area contributed by atoms with Crippen LogP contribution in [0, 0.1) is 13.8 Å². The van der Waals surface area contributed by atoms with Crippen LogP contribution >= 0.6 is 22.9 Å². The second-order valence-electron chi connectivity index (χ2n) is 7.80. The topological polar surface area (TPSA) is 115 Å². The Bertz CT molecular complexity index is 1310. The van der Waals surface area contributed by atoms with Gasteiger partial charge in [-0.05, 0) is 56.5 Å². The van der Waals surface area contributed by atoms with Gasteiger partial charge in [0.25, 0.3) is 0 Å². The molecule has 11 heteroatoms. The highest BCUT2D eigenvalue weighted by Gasteiger charge is 2.19. The van der Waals surface area contributed by atoms with E-state index in [1.165, 1.54) is 0 Å². The summed E-state index contributed by atoms with van der Waals surface area (Å²) in [5.74, 6) is 0.435. The number of rotatable bonds is 8. The first kappa shape index (κ1) is 23.7. The molecule has 0 saturated carbocycles. The molecule has 4 rings (SSSR count). The summed E-state index contributed by atoms with van der Waals surface area (Å²) in [6, 6.07) is 8.22. The largest absolute Gasteiger partial charge is 0.339 e. The van der Waals surface area contributed by atoms with E-state index in [9.17, 15) is 9.59 Å². The standard InChI is InChI=1S/C23H23ClN6O3S/c1-13-10-14(2)30(28-13)15(3)23(32)26-19-5-4-17(11-18(19)24)25-20(31)6-7-21-27-22(29-33-21)16-8-9-34-12-16/h4-5,8-12,15H,6-7H2,1-3H3,(H,25,31)(H,26,32). The van der Waals surface area contributed by atoms with Crippen LogP contribution in [0.25, 0.3) is 11.4 Å². The van der Waals surface area contributed by atoms with Crippen molar-refractivity contribution >= 4 is 46.1 Å².